The number of nitrogens with one attached hydrogen (secondary N) is 1. The molecule has 2 aliphatic rings. The number of hydrogen-bond acceptors (Lipinski definition) is 4. The molecule has 1 saturated heterocycles. The van der Waals surface area contributed by atoms with Crippen molar-refractivity contribution in [1.82, 2.24) is 10.2 Å². The Hall–Kier alpha value is -3.87. The first kappa shape index (κ1) is 21.0. The summed E-state index contributed by atoms with van der Waals surface area (Å²) in [5.41, 5.74) is 2.31. The average molecular weight is 444 g/mol. The van der Waals surface area contributed by atoms with Gasteiger partial charge in [0.2, 0.25) is 5.91 Å². The van der Waals surface area contributed by atoms with E-state index in [9.17, 15) is 14.4 Å². The molecule has 168 valence electrons. The van der Waals surface area contributed by atoms with Crippen LogP contribution in [0.5, 0.6) is 0 Å². The first-order chi connectivity index (χ1) is 16.0. The molecule has 0 aliphatic carbocycles. The minimum absolute atomic E-state index is 0.105. The van der Waals surface area contributed by atoms with Gasteiger partial charge in [-0.3, -0.25) is 14.4 Å². The molecular weight excluding hydrogens is 418 g/mol. The number of carbonyl (C=O) groups is 3. The summed E-state index contributed by atoms with van der Waals surface area (Å²) >= 11 is 0. The molecule has 1 fully saturated rings. The molecule has 1 atom stereocenters. The van der Waals surface area contributed by atoms with Crippen LogP contribution in [0.4, 0.5) is 5.69 Å². The van der Waals surface area contributed by atoms with Gasteiger partial charge in [0.15, 0.2) is 0 Å². The summed E-state index contributed by atoms with van der Waals surface area (Å²) in [4.78, 5) is 43.0. The smallest absolute Gasteiger partial charge is 0.256 e. The topological polar surface area (TPSA) is 82.9 Å². The number of benzene rings is 2. The molecule has 0 radical (unpaired) electrons. The number of rotatable bonds is 5. The Morgan fingerprint density at radius 1 is 1.06 bits per heavy atom. The predicted molar refractivity (Wildman–Crippen MR) is 123 cm³/mol. The maximum absolute atomic E-state index is 13.6. The van der Waals surface area contributed by atoms with Crippen LogP contribution in [0.15, 0.2) is 65.1 Å². The first-order valence-electron chi connectivity index (χ1n) is 11.2. The number of fused-ring (bicyclic) bond motifs is 2. The van der Waals surface area contributed by atoms with Gasteiger partial charge < -0.3 is 19.5 Å². The SMILES string of the molecule is Cc1ccc(CNC(=O)c2ccccc2CN2C(=O)C3CCCN3C(=O)c3ccccc32)o1. The monoisotopic (exact) mass is 443 g/mol. The summed E-state index contributed by atoms with van der Waals surface area (Å²) in [6.07, 6.45) is 1.46. The van der Waals surface area contributed by atoms with E-state index in [1.54, 1.807) is 34.1 Å². The van der Waals surface area contributed by atoms with Crippen molar-refractivity contribution in [1.29, 1.82) is 0 Å². The molecular formula is C26H25N3O4. The predicted octanol–water partition coefficient (Wildman–Crippen LogP) is 3.67. The van der Waals surface area contributed by atoms with Crippen LogP contribution in [0.1, 0.15) is 50.6 Å². The van der Waals surface area contributed by atoms with Gasteiger partial charge in [-0.25, -0.2) is 0 Å². The number of carbonyl (C=O) groups excluding carboxylic acids is 3. The van der Waals surface area contributed by atoms with Gasteiger partial charge in [0.1, 0.15) is 17.6 Å². The number of anilines is 1. The molecule has 7 nitrogen and oxygen atoms in total. The lowest BCUT2D eigenvalue weighted by atomic mass is 10.0. The minimum Gasteiger partial charge on any atom is -0.465 e. The lowest BCUT2D eigenvalue weighted by Gasteiger charge is -2.26. The molecule has 1 unspecified atom stereocenters. The molecule has 0 bridgehead atoms. The third-order valence-corrected chi connectivity index (χ3v) is 6.30. The van der Waals surface area contributed by atoms with E-state index in [4.69, 9.17) is 4.42 Å². The van der Waals surface area contributed by atoms with Crippen LogP contribution in [0.3, 0.4) is 0 Å². The van der Waals surface area contributed by atoms with Crippen LogP contribution >= 0.6 is 0 Å². The fourth-order valence-corrected chi connectivity index (χ4v) is 4.67. The molecule has 1 aromatic heterocycles. The van der Waals surface area contributed by atoms with Crippen molar-refractivity contribution in [2.24, 2.45) is 0 Å². The summed E-state index contributed by atoms with van der Waals surface area (Å²) in [6, 6.07) is 17.7. The van der Waals surface area contributed by atoms with Crippen molar-refractivity contribution in [2.75, 3.05) is 11.4 Å². The summed E-state index contributed by atoms with van der Waals surface area (Å²) in [7, 11) is 0. The quantitative estimate of drug-likeness (QED) is 0.652. The molecule has 2 aromatic carbocycles. The molecule has 3 amide bonds. The molecule has 7 heteroatoms. The highest BCUT2D eigenvalue weighted by molar-refractivity contribution is 6.11. The van der Waals surface area contributed by atoms with E-state index in [-0.39, 0.29) is 30.8 Å². The van der Waals surface area contributed by atoms with Gasteiger partial charge >= 0.3 is 0 Å². The van der Waals surface area contributed by atoms with Crippen LogP contribution in [0.2, 0.25) is 0 Å². The largest absolute Gasteiger partial charge is 0.465 e. The number of amides is 3. The van der Waals surface area contributed by atoms with Crippen molar-refractivity contribution in [3.8, 4) is 0 Å². The second-order valence-corrected chi connectivity index (χ2v) is 8.45. The van der Waals surface area contributed by atoms with Gasteiger partial charge in [-0.15, -0.1) is 0 Å². The molecule has 0 saturated carbocycles. The minimum atomic E-state index is -0.465. The van der Waals surface area contributed by atoms with Gasteiger partial charge in [0.25, 0.3) is 11.8 Å². The second-order valence-electron chi connectivity index (χ2n) is 8.45. The lowest BCUT2D eigenvalue weighted by Crippen LogP contribution is -2.44. The lowest BCUT2D eigenvalue weighted by molar-refractivity contribution is -0.122. The molecule has 33 heavy (non-hydrogen) atoms. The zero-order valence-corrected chi connectivity index (χ0v) is 18.4. The van der Waals surface area contributed by atoms with Crippen LogP contribution in [0.25, 0.3) is 0 Å². The number of hydrogen-bond donors (Lipinski definition) is 1. The standard InChI is InChI=1S/C26H25N3O4/c1-17-12-13-19(33-17)15-27-24(30)20-8-3-2-7-18(20)16-29-22-10-5-4-9-21(22)25(31)28-14-6-11-23(28)26(29)32/h2-5,7-10,12-13,23H,6,11,14-16H2,1H3,(H,27,30). The van der Waals surface area contributed by atoms with Crippen LogP contribution < -0.4 is 10.2 Å². The summed E-state index contributed by atoms with van der Waals surface area (Å²) < 4.78 is 5.53. The summed E-state index contributed by atoms with van der Waals surface area (Å²) in [5, 5.41) is 2.89. The number of furan rings is 1. The van der Waals surface area contributed by atoms with Gasteiger partial charge in [-0.1, -0.05) is 30.3 Å². The number of para-hydroxylation sites is 1. The Kier molecular flexibility index (Phi) is 5.46. The molecule has 0 spiro atoms. The Balaban J connectivity index is 1.45. The van der Waals surface area contributed by atoms with Crippen molar-refractivity contribution in [3.05, 3.63) is 88.9 Å². The average Bonchev–Trinajstić information content (AvgIpc) is 3.48. The zero-order chi connectivity index (χ0) is 22.9. The Morgan fingerprint density at radius 3 is 2.67 bits per heavy atom. The van der Waals surface area contributed by atoms with E-state index in [1.165, 1.54) is 0 Å². The van der Waals surface area contributed by atoms with E-state index >= 15 is 0 Å². The van der Waals surface area contributed by atoms with E-state index in [0.717, 1.165) is 12.2 Å². The van der Waals surface area contributed by atoms with Crippen molar-refractivity contribution >= 4 is 23.4 Å². The van der Waals surface area contributed by atoms with E-state index in [2.05, 4.69) is 5.32 Å². The van der Waals surface area contributed by atoms with Crippen molar-refractivity contribution in [2.45, 2.75) is 38.9 Å². The van der Waals surface area contributed by atoms with Crippen molar-refractivity contribution in [3.63, 3.8) is 0 Å². The van der Waals surface area contributed by atoms with Gasteiger partial charge in [0, 0.05) is 12.1 Å². The highest BCUT2D eigenvalue weighted by Gasteiger charge is 2.42. The maximum atomic E-state index is 13.6. The fourth-order valence-electron chi connectivity index (χ4n) is 4.67. The number of aryl methyl sites for hydroxylation is 1. The molecule has 5 rings (SSSR count). The fraction of sp³-hybridized carbons (Fsp3) is 0.269. The van der Waals surface area contributed by atoms with Crippen molar-refractivity contribution < 1.29 is 18.8 Å². The molecule has 3 heterocycles. The Bertz CT molecular complexity index is 1230. The van der Waals surface area contributed by atoms with E-state index in [0.29, 0.717) is 41.1 Å². The highest BCUT2D eigenvalue weighted by Crippen LogP contribution is 2.33. The third-order valence-electron chi connectivity index (χ3n) is 6.30. The summed E-state index contributed by atoms with van der Waals surface area (Å²) in [6.45, 7) is 2.92. The van der Waals surface area contributed by atoms with Crippen LogP contribution in [-0.2, 0) is 17.9 Å². The maximum Gasteiger partial charge on any atom is 0.256 e. The second kappa shape index (κ2) is 8.58. The molecule has 1 N–H and O–H groups in total. The van der Waals surface area contributed by atoms with Crippen LogP contribution in [0, 0.1) is 6.92 Å². The van der Waals surface area contributed by atoms with Gasteiger partial charge in [-0.2, -0.15) is 0 Å². The van der Waals surface area contributed by atoms with Gasteiger partial charge in [-0.05, 0) is 55.7 Å². The van der Waals surface area contributed by atoms with Crippen LogP contribution in [-0.4, -0.2) is 35.2 Å². The molecule has 2 aliphatic heterocycles. The Labute approximate surface area is 192 Å². The zero-order valence-electron chi connectivity index (χ0n) is 18.4. The number of nitrogens with zero attached hydrogens (tertiary/aromatic N) is 2. The van der Waals surface area contributed by atoms with Gasteiger partial charge in [0.05, 0.1) is 24.3 Å². The Morgan fingerprint density at radius 2 is 1.85 bits per heavy atom. The highest BCUT2D eigenvalue weighted by atomic mass is 16.3. The van der Waals surface area contributed by atoms with E-state index in [1.807, 2.05) is 43.3 Å². The normalized spacial score (nSPS) is 17.5. The summed E-state index contributed by atoms with van der Waals surface area (Å²) in [5.74, 6) is 1.01. The first-order valence-corrected chi connectivity index (χ1v) is 11.2. The third kappa shape index (κ3) is 3.91. The van der Waals surface area contributed by atoms with E-state index < -0.39 is 6.04 Å². The molecule has 3 aromatic rings.